The maximum Gasteiger partial charge on any atom is 0.335 e. The number of piperidine rings is 1. The van der Waals surface area contributed by atoms with E-state index in [1.165, 1.54) is 23.3 Å². The van der Waals surface area contributed by atoms with E-state index < -0.39 is 12.0 Å². The van der Waals surface area contributed by atoms with Crippen LogP contribution in [0.1, 0.15) is 58.6 Å². The first-order valence-corrected chi connectivity index (χ1v) is 12.5. The molecule has 3 heterocycles. The van der Waals surface area contributed by atoms with Gasteiger partial charge in [0.15, 0.2) is 5.78 Å². The van der Waals surface area contributed by atoms with Crippen molar-refractivity contribution in [2.75, 3.05) is 13.1 Å². The molecule has 1 N–H and O–H groups in total. The average Bonchev–Trinajstić information content (AvgIpc) is 3.18. The lowest BCUT2D eigenvalue weighted by Gasteiger charge is -2.39. The van der Waals surface area contributed by atoms with Crippen molar-refractivity contribution in [3.63, 3.8) is 0 Å². The van der Waals surface area contributed by atoms with Crippen LogP contribution in [0.15, 0.2) is 34.8 Å². The number of carbonyl (C=O) groups excluding carboxylic acids is 2. The van der Waals surface area contributed by atoms with Crippen molar-refractivity contribution in [1.82, 2.24) is 14.8 Å². The molecule has 0 aliphatic carbocycles. The van der Waals surface area contributed by atoms with Gasteiger partial charge in [-0.15, -0.1) is 0 Å². The summed E-state index contributed by atoms with van der Waals surface area (Å²) in [5.41, 5.74) is 3.63. The van der Waals surface area contributed by atoms with Gasteiger partial charge in [-0.3, -0.25) is 19.5 Å². The smallest absolute Gasteiger partial charge is 0.335 e. The fraction of sp³-hybridized carbons (Fsp3) is 0.462. The minimum Gasteiger partial charge on any atom is -0.478 e. The minimum atomic E-state index is -1.04. The number of hydrogen-bond acceptors (Lipinski definition) is 5. The lowest BCUT2D eigenvalue weighted by Crippen LogP contribution is -2.50. The highest BCUT2D eigenvalue weighted by molar-refractivity contribution is 9.10. The van der Waals surface area contributed by atoms with Crippen molar-refractivity contribution < 1.29 is 19.5 Å². The number of aromatic carboxylic acids is 1. The van der Waals surface area contributed by atoms with Gasteiger partial charge in [-0.25, -0.2) is 4.79 Å². The summed E-state index contributed by atoms with van der Waals surface area (Å²) in [6, 6.07) is 8.97. The van der Waals surface area contributed by atoms with Crippen molar-refractivity contribution in [3.05, 3.63) is 62.9 Å². The van der Waals surface area contributed by atoms with E-state index in [2.05, 4.69) is 50.9 Å². The summed E-state index contributed by atoms with van der Waals surface area (Å²) < 4.78 is 1.11. The number of rotatable bonds is 7. The molecule has 34 heavy (non-hydrogen) atoms. The minimum absolute atomic E-state index is 0.0399. The van der Waals surface area contributed by atoms with Gasteiger partial charge in [0.05, 0.1) is 18.0 Å². The molecule has 8 heteroatoms. The maximum atomic E-state index is 13.2. The number of carbonyl (C=O) groups is 3. The Balaban J connectivity index is 1.39. The number of pyridine rings is 1. The van der Waals surface area contributed by atoms with Crippen LogP contribution >= 0.6 is 15.9 Å². The Bertz CT molecular complexity index is 1110. The van der Waals surface area contributed by atoms with Crippen LogP contribution in [0.4, 0.5) is 0 Å². The van der Waals surface area contributed by atoms with Crippen LogP contribution in [-0.4, -0.2) is 62.7 Å². The summed E-state index contributed by atoms with van der Waals surface area (Å²) in [6.07, 6.45) is 2.63. The first kappa shape index (κ1) is 24.5. The van der Waals surface area contributed by atoms with Gasteiger partial charge < -0.3 is 10.0 Å². The summed E-state index contributed by atoms with van der Waals surface area (Å²) in [6.45, 7) is 6.44. The molecule has 4 rings (SSSR count). The molecule has 1 atom stereocenters. The molecule has 0 spiro atoms. The van der Waals surface area contributed by atoms with E-state index in [4.69, 9.17) is 0 Å². The number of hydrogen-bond donors (Lipinski definition) is 1. The lowest BCUT2D eigenvalue weighted by molar-refractivity contribution is -0.137. The van der Waals surface area contributed by atoms with Crippen LogP contribution < -0.4 is 0 Å². The van der Waals surface area contributed by atoms with E-state index in [0.29, 0.717) is 24.2 Å². The molecular formula is C26H30BrN3O4. The molecule has 2 aliphatic heterocycles. The van der Waals surface area contributed by atoms with Crippen molar-refractivity contribution in [3.8, 4) is 0 Å². The Morgan fingerprint density at radius 1 is 1.12 bits per heavy atom. The lowest BCUT2D eigenvalue weighted by atomic mass is 9.98. The summed E-state index contributed by atoms with van der Waals surface area (Å²) >= 11 is 3.55. The van der Waals surface area contributed by atoms with Crippen molar-refractivity contribution >= 4 is 33.6 Å². The fourth-order valence-corrected chi connectivity index (χ4v) is 5.39. The molecule has 180 valence electrons. The number of aryl methyl sites for hydroxylation is 2. The molecule has 2 aliphatic rings. The highest BCUT2D eigenvalue weighted by atomic mass is 79.9. The summed E-state index contributed by atoms with van der Waals surface area (Å²) in [5, 5.41) is 9.29. The molecule has 7 nitrogen and oxygen atoms in total. The van der Waals surface area contributed by atoms with Gasteiger partial charge in [-0.2, -0.15) is 0 Å². The number of ketones is 1. The number of likely N-dealkylation sites (tertiary alicyclic amines) is 2. The molecule has 2 aromatic rings. The first-order chi connectivity index (χ1) is 16.2. The monoisotopic (exact) mass is 527 g/mol. The number of amides is 1. The van der Waals surface area contributed by atoms with Gasteiger partial charge in [0.2, 0.25) is 5.91 Å². The van der Waals surface area contributed by atoms with E-state index in [1.807, 2.05) is 4.90 Å². The molecule has 2 fully saturated rings. The van der Waals surface area contributed by atoms with Crippen LogP contribution in [-0.2, 0) is 22.6 Å². The van der Waals surface area contributed by atoms with Crippen LogP contribution in [0.25, 0.3) is 0 Å². The number of halogens is 1. The van der Waals surface area contributed by atoms with E-state index in [9.17, 15) is 19.5 Å². The van der Waals surface area contributed by atoms with Crippen molar-refractivity contribution in [2.24, 2.45) is 0 Å². The number of nitrogens with zero attached hydrogens (tertiary/aromatic N) is 3. The molecule has 0 saturated carbocycles. The van der Waals surface area contributed by atoms with Gasteiger partial charge >= 0.3 is 5.97 Å². The zero-order valence-electron chi connectivity index (χ0n) is 19.6. The third-order valence-corrected chi connectivity index (χ3v) is 7.70. The van der Waals surface area contributed by atoms with Crippen LogP contribution in [0.5, 0.6) is 0 Å². The largest absolute Gasteiger partial charge is 0.478 e. The van der Waals surface area contributed by atoms with Gasteiger partial charge in [0.25, 0.3) is 0 Å². The predicted molar refractivity (Wildman–Crippen MR) is 132 cm³/mol. The number of carboxylic acids is 1. The Kier molecular flexibility index (Phi) is 7.48. The third kappa shape index (κ3) is 5.55. The summed E-state index contributed by atoms with van der Waals surface area (Å²) in [5.74, 6) is -1.06. The molecule has 1 aromatic heterocycles. The second-order valence-corrected chi connectivity index (χ2v) is 10.2. The third-order valence-electron chi connectivity index (χ3n) is 6.81. The second-order valence-electron chi connectivity index (χ2n) is 9.38. The number of benzene rings is 1. The van der Waals surface area contributed by atoms with Crippen LogP contribution in [0.3, 0.4) is 0 Å². The Labute approximate surface area is 208 Å². The molecular weight excluding hydrogens is 498 g/mol. The van der Waals surface area contributed by atoms with Crippen LogP contribution in [0, 0.1) is 13.8 Å². The van der Waals surface area contributed by atoms with Gasteiger partial charge in [0, 0.05) is 48.0 Å². The van der Waals surface area contributed by atoms with E-state index in [0.717, 1.165) is 36.9 Å². The molecule has 0 unspecified atom stereocenters. The predicted octanol–water partition coefficient (Wildman–Crippen LogP) is 3.93. The van der Waals surface area contributed by atoms with E-state index in [-0.39, 0.29) is 29.7 Å². The fourth-order valence-electron chi connectivity index (χ4n) is 5.14. The van der Waals surface area contributed by atoms with E-state index in [1.54, 1.807) is 6.92 Å². The second kappa shape index (κ2) is 10.4. The van der Waals surface area contributed by atoms with Crippen LogP contribution in [0.2, 0.25) is 0 Å². The van der Waals surface area contributed by atoms with Crippen molar-refractivity contribution in [2.45, 2.75) is 64.6 Å². The SMILES string of the molecule is Cc1cc(C(=O)O)cc(CC(=O)[C@H]2CCC(=O)N2C2CCN(Cc3ccc(Br)c(C)c3)CC2)n1. The average molecular weight is 528 g/mol. The number of carboxylic acid groups (broad SMARTS) is 1. The van der Waals surface area contributed by atoms with Crippen molar-refractivity contribution in [1.29, 1.82) is 0 Å². The molecule has 0 radical (unpaired) electrons. The normalized spacial score (nSPS) is 19.6. The van der Waals surface area contributed by atoms with Gasteiger partial charge in [0.1, 0.15) is 0 Å². The maximum absolute atomic E-state index is 13.2. The molecule has 2 saturated heterocycles. The quantitative estimate of drug-likeness (QED) is 0.586. The topological polar surface area (TPSA) is 90.8 Å². The highest BCUT2D eigenvalue weighted by Gasteiger charge is 2.40. The summed E-state index contributed by atoms with van der Waals surface area (Å²) in [7, 11) is 0. The standard InChI is InChI=1S/C26H30BrN3O4/c1-16-11-18(3-4-22(16)27)15-29-9-7-21(8-10-29)30-23(5-6-25(30)32)24(31)14-20-13-19(26(33)34)12-17(2)28-20/h3-4,11-13,21,23H,5-10,14-15H2,1-2H3,(H,33,34)/t23-/m1/s1. The summed E-state index contributed by atoms with van der Waals surface area (Å²) in [4.78, 5) is 45.8. The van der Waals surface area contributed by atoms with E-state index >= 15 is 0 Å². The Morgan fingerprint density at radius 3 is 2.53 bits per heavy atom. The van der Waals surface area contributed by atoms with Gasteiger partial charge in [-0.05, 0) is 62.4 Å². The Morgan fingerprint density at radius 2 is 1.85 bits per heavy atom. The van der Waals surface area contributed by atoms with Gasteiger partial charge in [-0.1, -0.05) is 28.1 Å². The highest BCUT2D eigenvalue weighted by Crippen LogP contribution is 2.29. The molecule has 1 aromatic carbocycles. The number of aromatic nitrogens is 1. The zero-order chi connectivity index (χ0) is 24.4. The molecule has 1 amide bonds. The zero-order valence-corrected chi connectivity index (χ0v) is 21.2. The first-order valence-electron chi connectivity index (χ1n) is 11.7. The Hall–Kier alpha value is -2.58. The molecule has 0 bridgehead atoms. The number of Topliss-reactive ketones (excluding diaryl/α,β-unsaturated/α-hetero) is 1.